The van der Waals surface area contributed by atoms with Crippen LogP contribution in [0.3, 0.4) is 0 Å². The van der Waals surface area contributed by atoms with Crippen LogP contribution in [0, 0.1) is 5.92 Å². The first-order valence-corrected chi connectivity index (χ1v) is 5.83. The van der Waals surface area contributed by atoms with Gasteiger partial charge in [-0.25, -0.2) is 0 Å². The van der Waals surface area contributed by atoms with E-state index in [9.17, 15) is 0 Å². The van der Waals surface area contributed by atoms with Gasteiger partial charge in [-0.1, -0.05) is 33.6 Å². The van der Waals surface area contributed by atoms with E-state index in [0.29, 0.717) is 12.0 Å². The van der Waals surface area contributed by atoms with Crippen molar-refractivity contribution in [3.63, 3.8) is 0 Å². The average Bonchev–Trinajstić information content (AvgIpc) is 2.23. The molecule has 3 nitrogen and oxygen atoms in total. The van der Waals surface area contributed by atoms with Crippen molar-refractivity contribution < 1.29 is 4.74 Å². The van der Waals surface area contributed by atoms with Gasteiger partial charge in [0.2, 0.25) is 0 Å². The topological polar surface area (TPSA) is 47.3 Å². The molecule has 0 aliphatic heterocycles. The van der Waals surface area contributed by atoms with Crippen molar-refractivity contribution in [2.24, 2.45) is 11.8 Å². The molecular formula is C11H26N2O. The normalized spacial score (nSPS) is 13.5. The van der Waals surface area contributed by atoms with E-state index in [-0.39, 0.29) is 0 Å². The van der Waals surface area contributed by atoms with E-state index in [4.69, 9.17) is 10.6 Å². The van der Waals surface area contributed by atoms with Crippen LogP contribution in [-0.4, -0.2) is 19.3 Å². The zero-order valence-electron chi connectivity index (χ0n) is 9.88. The number of hydrogen-bond acceptors (Lipinski definition) is 3. The van der Waals surface area contributed by atoms with Gasteiger partial charge in [-0.3, -0.25) is 11.3 Å². The van der Waals surface area contributed by atoms with E-state index in [1.54, 1.807) is 0 Å². The Kier molecular flexibility index (Phi) is 9.35. The molecule has 0 aromatic heterocycles. The SMILES string of the molecule is CCCOCCC(NN)C(CC)CC. The summed E-state index contributed by atoms with van der Waals surface area (Å²) in [5.41, 5.74) is 2.90. The van der Waals surface area contributed by atoms with E-state index >= 15 is 0 Å². The summed E-state index contributed by atoms with van der Waals surface area (Å²) in [7, 11) is 0. The Morgan fingerprint density at radius 1 is 1.14 bits per heavy atom. The summed E-state index contributed by atoms with van der Waals surface area (Å²) in [6, 6.07) is 0.404. The molecule has 86 valence electrons. The fourth-order valence-corrected chi connectivity index (χ4v) is 1.77. The van der Waals surface area contributed by atoms with Crippen LogP contribution < -0.4 is 11.3 Å². The Bertz CT molecular complexity index is 116. The molecule has 1 atom stereocenters. The minimum atomic E-state index is 0.404. The molecule has 0 heterocycles. The van der Waals surface area contributed by atoms with Gasteiger partial charge in [0.15, 0.2) is 0 Å². The minimum absolute atomic E-state index is 0.404. The molecule has 0 bridgehead atoms. The maximum Gasteiger partial charge on any atom is 0.0481 e. The summed E-state index contributed by atoms with van der Waals surface area (Å²) in [6.07, 6.45) is 4.47. The zero-order chi connectivity index (χ0) is 10.8. The zero-order valence-corrected chi connectivity index (χ0v) is 9.88. The van der Waals surface area contributed by atoms with Gasteiger partial charge >= 0.3 is 0 Å². The van der Waals surface area contributed by atoms with Crippen molar-refractivity contribution in [1.82, 2.24) is 5.43 Å². The molecule has 0 aliphatic carbocycles. The summed E-state index contributed by atoms with van der Waals surface area (Å²) < 4.78 is 5.46. The summed E-state index contributed by atoms with van der Waals surface area (Å²) >= 11 is 0. The van der Waals surface area contributed by atoms with Gasteiger partial charge in [-0.05, 0) is 18.8 Å². The van der Waals surface area contributed by atoms with E-state index in [1.165, 1.54) is 12.8 Å². The molecule has 3 heteroatoms. The van der Waals surface area contributed by atoms with Gasteiger partial charge in [0.25, 0.3) is 0 Å². The fraction of sp³-hybridized carbons (Fsp3) is 1.00. The van der Waals surface area contributed by atoms with E-state index < -0.39 is 0 Å². The third kappa shape index (κ3) is 5.58. The predicted molar refractivity (Wildman–Crippen MR) is 60.9 cm³/mol. The smallest absolute Gasteiger partial charge is 0.0481 e. The van der Waals surface area contributed by atoms with Gasteiger partial charge in [0.05, 0.1) is 0 Å². The monoisotopic (exact) mass is 202 g/mol. The highest BCUT2D eigenvalue weighted by molar-refractivity contribution is 4.72. The second-order valence-electron chi connectivity index (χ2n) is 3.75. The Labute approximate surface area is 88.4 Å². The van der Waals surface area contributed by atoms with Crippen LogP contribution in [0.5, 0.6) is 0 Å². The van der Waals surface area contributed by atoms with Crippen LogP contribution in [0.15, 0.2) is 0 Å². The molecule has 0 amide bonds. The van der Waals surface area contributed by atoms with E-state index in [2.05, 4.69) is 26.2 Å². The molecule has 0 fully saturated rings. The van der Waals surface area contributed by atoms with Crippen LogP contribution in [0.4, 0.5) is 0 Å². The molecule has 0 radical (unpaired) electrons. The number of hydrogen-bond donors (Lipinski definition) is 2. The molecule has 0 spiro atoms. The molecule has 0 aromatic rings. The number of hydrazine groups is 1. The molecule has 0 aliphatic rings. The fourth-order valence-electron chi connectivity index (χ4n) is 1.77. The largest absolute Gasteiger partial charge is 0.381 e. The second-order valence-corrected chi connectivity index (χ2v) is 3.75. The Hall–Kier alpha value is -0.120. The van der Waals surface area contributed by atoms with Crippen molar-refractivity contribution in [1.29, 1.82) is 0 Å². The molecule has 3 N–H and O–H groups in total. The predicted octanol–water partition coefficient (Wildman–Crippen LogP) is 2.07. The summed E-state index contributed by atoms with van der Waals surface area (Å²) in [5.74, 6) is 6.21. The number of ether oxygens (including phenoxy) is 1. The summed E-state index contributed by atoms with van der Waals surface area (Å²) in [6.45, 7) is 8.23. The van der Waals surface area contributed by atoms with Crippen LogP contribution in [0.25, 0.3) is 0 Å². The first kappa shape index (κ1) is 13.9. The van der Waals surface area contributed by atoms with Gasteiger partial charge in [-0.2, -0.15) is 0 Å². The second kappa shape index (κ2) is 9.44. The van der Waals surface area contributed by atoms with Crippen molar-refractivity contribution in [3.8, 4) is 0 Å². The lowest BCUT2D eigenvalue weighted by atomic mass is 9.93. The van der Waals surface area contributed by atoms with Crippen LogP contribution in [0.1, 0.15) is 46.5 Å². The Morgan fingerprint density at radius 3 is 2.21 bits per heavy atom. The van der Waals surface area contributed by atoms with Gasteiger partial charge in [-0.15, -0.1) is 0 Å². The van der Waals surface area contributed by atoms with Gasteiger partial charge in [0.1, 0.15) is 0 Å². The number of nitrogens with two attached hydrogens (primary N) is 1. The molecular weight excluding hydrogens is 176 g/mol. The quantitative estimate of drug-likeness (QED) is 0.342. The molecule has 1 unspecified atom stereocenters. The van der Waals surface area contributed by atoms with Gasteiger partial charge in [0, 0.05) is 19.3 Å². The average molecular weight is 202 g/mol. The maximum atomic E-state index is 5.53. The Balaban J connectivity index is 3.65. The van der Waals surface area contributed by atoms with Crippen molar-refractivity contribution in [3.05, 3.63) is 0 Å². The van der Waals surface area contributed by atoms with Crippen LogP contribution in [-0.2, 0) is 4.74 Å². The standard InChI is InChI=1S/C11H26N2O/c1-4-8-14-9-7-11(13-12)10(5-2)6-3/h10-11,13H,4-9,12H2,1-3H3. The minimum Gasteiger partial charge on any atom is -0.381 e. The van der Waals surface area contributed by atoms with Crippen molar-refractivity contribution in [2.75, 3.05) is 13.2 Å². The number of nitrogens with one attached hydrogen (secondary N) is 1. The highest BCUT2D eigenvalue weighted by Crippen LogP contribution is 2.15. The molecule has 14 heavy (non-hydrogen) atoms. The van der Waals surface area contributed by atoms with E-state index in [0.717, 1.165) is 26.1 Å². The lowest BCUT2D eigenvalue weighted by molar-refractivity contribution is 0.116. The Morgan fingerprint density at radius 2 is 1.79 bits per heavy atom. The molecule has 0 rings (SSSR count). The molecule has 0 saturated carbocycles. The first-order chi connectivity index (χ1) is 6.79. The third-order valence-corrected chi connectivity index (χ3v) is 2.75. The molecule has 0 aromatic carbocycles. The summed E-state index contributed by atoms with van der Waals surface area (Å²) in [5, 5.41) is 0. The number of rotatable bonds is 9. The lowest BCUT2D eigenvalue weighted by Crippen LogP contribution is -2.41. The summed E-state index contributed by atoms with van der Waals surface area (Å²) in [4.78, 5) is 0. The van der Waals surface area contributed by atoms with Crippen molar-refractivity contribution >= 4 is 0 Å². The first-order valence-electron chi connectivity index (χ1n) is 5.83. The van der Waals surface area contributed by atoms with Gasteiger partial charge < -0.3 is 4.74 Å². The highest BCUT2D eigenvalue weighted by atomic mass is 16.5. The lowest BCUT2D eigenvalue weighted by Gasteiger charge is -2.24. The van der Waals surface area contributed by atoms with E-state index in [1.807, 2.05) is 0 Å². The highest BCUT2D eigenvalue weighted by Gasteiger charge is 2.16. The van der Waals surface area contributed by atoms with Crippen LogP contribution >= 0.6 is 0 Å². The third-order valence-electron chi connectivity index (χ3n) is 2.75. The van der Waals surface area contributed by atoms with Crippen LogP contribution in [0.2, 0.25) is 0 Å². The van der Waals surface area contributed by atoms with Crippen molar-refractivity contribution in [2.45, 2.75) is 52.5 Å². The molecule has 0 saturated heterocycles. The maximum absolute atomic E-state index is 5.53.